The summed E-state index contributed by atoms with van der Waals surface area (Å²) in [7, 11) is -5.17. The summed E-state index contributed by atoms with van der Waals surface area (Å²) < 4.78 is 29.4. The van der Waals surface area contributed by atoms with Crippen molar-refractivity contribution in [3.05, 3.63) is 120 Å². The minimum Gasteiger partial charge on any atom is -0.480 e. The Bertz CT molecular complexity index is 1730. The van der Waals surface area contributed by atoms with Crippen LogP contribution in [-0.4, -0.2) is 75.0 Å². The molecule has 3 aromatic rings. The van der Waals surface area contributed by atoms with Gasteiger partial charge in [0.05, 0.1) is 6.54 Å². The summed E-state index contributed by atoms with van der Waals surface area (Å²) in [5.74, 6) is -4.16. The molecule has 1 aliphatic heterocycles. The van der Waals surface area contributed by atoms with Gasteiger partial charge in [0.25, 0.3) is 5.91 Å². The van der Waals surface area contributed by atoms with Crippen LogP contribution in [0.5, 0.6) is 0 Å². The molecule has 2 unspecified atom stereocenters. The van der Waals surface area contributed by atoms with E-state index in [0.29, 0.717) is 16.7 Å². The molecule has 0 fully saturated rings. The van der Waals surface area contributed by atoms with Gasteiger partial charge in [0.2, 0.25) is 6.23 Å². The van der Waals surface area contributed by atoms with Gasteiger partial charge in [-0.25, -0.2) is 29.0 Å². The van der Waals surface area contributed by atoms with E-state index in [0.717, 1.165) is 5.01 Å². The Morgan fingerprint density at radius 1 is 0.882 bits per heavy atom. The second kappa shape index (κ2) is 18.6. The van der Waals surface area contributed by atoms with Crippen LogP contribution < -0.4 is 10.4 Å². The Labute approximate surface area is 295 Å². The highest BCUT2D eigenvalue weighted by Gasteiger charge is 2.42. The van der Waals surface area contributed by atoms with Crippen molar-refractivity contribution in [3.63, 3.8) is 0 Å². The molecule has 4 N–H and O–H groups in total. The van der Waals surface area contributed by atoms with Gasteiger partial charge in [-0.15, -0.1) is 0 Å². The Hall–Kier alpha value is -5.34. The number of alkyl carbamates (subject to hydrolysis) is 1. The number of nitrogens with one attached hydrogen (secondary N) is 2. The number of aliphatic imine (C=N–C) groups is 1. The molecule has 0 radical (unpaired) electrons. The summed E-state index contributed by atoms with van der Waals surface area (Å²) in [6, 6.07) is 22.9. The molecular formula is C35H40N5O10P. The minimum absolute atomic E-state index is 0.0310. The van der Waals surface area contributed by atoms with Gasteiger partial charge >= 0.3 is 25.8 Å². The summed E-state index contributed by atoms with van der Waals surface area (Å²) in [6.45, 7) is 2.73. The highest BCUT2D eigenvalue weighted by molar-refractivity contribution is 7.50. The van der Waals surface area contributed by atoms with E-state index in [1.165, 1.54) is 23.6 Å². The van der Waals surface area contributed by atoms with Crippen LogP contribution in [0.4, 0.5) is 4.79 Å². The zero-order valence-corrected chi connectivity index (χ0v) is 28.9. The van der Waals surface area contributed by atoms with Crippen molar-refractivity contribution in [2.45, 2.75) is 51.8 Å². The topological polar surface area (TPSA) is 196 Å². The zero-order valence-electron chi connectivity index (χ0n) is 28.0. The molecule has 0 spiro atoms. The molecule has 0 saturated heterocycles. The molecular weight excluding hydrogens is 681 g/mol. The van der Waals surface area contributed by atoms with Gasteiger partial charge in [-0.05, 0) is 22.6 Å². The Kier molecular flexibility index (Phi) is 14.0. The van der Waals surface area contributed by atoms with Crippen LogP contribution in [0.1, 0.15) is 30.5 Å². The molecule has 4 atom stereocenters. The number of rotatable bonds is 17. The van der Waals surface area contributed by atoms with Crippen LogP contribution in [0.15, 0.2) is 108 Å². The van der Waals surface area contributed by atoms with Gasteiger partial charge in [0.15, 0.2) is 6.04 Å². The molecule has 15 nitrogen and oxygen atoms in total. The maximum absolute atomic E-state index is 14.3. The summed E-state index contributed by atoms with van der Waals surface area (Å²) >= 11 is 0. The number of hydrogen-bond acceptors (Lipinski definition) is 10. The minimum atomic E-state index is -5.17. The quantitative estimate of drug-likeness (QED) is 0.0890. The highest BCUT2D eigenvalue weighted by Crippen LogP contribution is 2.40. The summed E-state index contributed by atoms with van der Waals surface area (Å²) in [4.78, 5) is 67.9. The zero-order chi connectivity index (χ0) is 36.8. The standard InChI is InChI=1S/C35H40N5O10P/c1-25(2)30(32(41)40(39-20-18-36-19-21-39)29(33(42)43)22-26-12-6-3-7-13-26)38-51(46,47)50-31(34(44)48-23-27-14-8-4-9-15-27)37-35(45)49-24-28-16-10-5-11-17-28/h3-20,25,29-31H,21-24H2,1-2H3,(H,37,45)(H,42,43)(H2,38,46,47)/t29-,30-,31?/m0/s1. The van der Waals surface area contributed by atoms with E-state index in [-0.39, 0.29) is 26.2 Å². The summed E-state index contributed by atoms with van der Waals surface area (Å²) in [5, 5.41) is 17.0. The second-order valence-electron chi connectivity index (χ2n) is 11.6. The van der Waals surface area contributed by atoms with Crippen molar-refractivity contribution in [3.8, 4) is 0 Å². The van der Waals surface area contributed by atoms with Gasteiger partial charge in [0.1, 0.15) is 19.3 Å². The molecule has 0 aliphatic carbocycles. The number of ether oxygens (including phenoxy) is 2. The van der Waals surface area contributed by atoms with Gasteiger partial charge in [-0.2, -0.15) is 0 Å². The normalized spacial score (nSPS) is 15.3. The lowest BCUT2D eigenvalue weighted by molar-refractivity contribution is -0.165. The number of amides is 2. The average molecular weight is 722 g/mol. The number of hydrogen-bond donors (Lipinski definition) is 4. The Balaban J connectivity index is 1.56. The van der Waals surface area contributed by atoms with Crippen molar-refractivity contribution in [2.24, 2.45) is 10.9 Å². The lowest BCUT2D eigenvalue weighted by Gasteiger charge is -2.40. The van der Waals surface area contributed by atoms with Crippen molar-refractivity contribution in [1.29, 1.82) is 0 Å². The predicted molar refractivity (Wildman–Crippen MR) is 185 cm³/mol. The fourth-order valence-electron chi connectivity index (χ4n) is 4.89. The fraction of sp³-hybridized carbons (Fsp3) is 0.286. The van der Waals surface area contributed by atoms with Gasteiger partial charge in [0, 0.05) is 25.0 Å². The molecule has 270 valence electrons. The maximum atomic E-state index is 14.3. The van der Waals surface area contributed by atoms with Crippen LogP contribution >= 0.6 is 7.75 Å². The highest BCUT2D eigenvalue weighted by atomic mass is 31.2. The van der Waals surface area contributed by atoms with E-state index in [9.17, 15) is 33.7 Å². The van der Waals surface area contributed by atoms with E-state index in [4.69, 9.17) is 14.0 Å². The number of esters is 1. The molecule has 0 aromatic heterocycles. The third-order valence-electron chi connectivity index (χ3n) is 7.44. The van der Waals surface area contributed by atoms with Crippen LogP contribution in [0.3, 0.4) is 0 Å². The summed E-state index contributed by atoms with van der Waals surface area (Å²) in [6.07, 6.45) is 0.837. The van der Waals surface area contributed by atoms with E-state index in [1.54, 1.807) is 105 Å². The largest absolute Gasteiger partial charge is 0.480 e. The smallest absolute Gasteiger partial charge is 0.409 e. The molecule has 1 aliphatic rings. The molecule has 1 heterocycles. The predicted octanol–water partition coefficient (Wildman–Crippen LogP) is 4.01. The molecule has 4 rings (SSSR count). The number of nitrogens with zero attached hydrogens (tertiary/aromatic N) is 3. The lowest BCUT2D eigenvalue weighted by atomic mass is 10.0. The first-order chi connectivity index (χ1) is 24.4. The molecule has 16 heteroatoms. The Morgan fingerprint density at radius 2 is 1.43 bits per heavy atom. The first kappa shape index (κ1) is 38.5. The van der Waals surface area contributed by atoms with Crippen molar-refractivity contribution >= 4 is 37.9 Å². The molecule has 0 saturated carbocycles. The number of carboxylic acid groups (broad SMARTS) is 1. The van der Waals surface area contributed by atoms with E-state index >= 15 is 0 Å². The summed E-state index contributed by atoms with van der Waals surface area (Å²) in [5.41, 5.74) is 1.85. The monoisotopic (exact) mass is 721 g/mol. The first-order valence-corrected chi connectivity index (χ1v) is 17.5. The lowest BCUT2D eigenvalue weighted by Crippen LogP contribution is -2.60. The van der Waals surface area contributed by atoms with Crippen LogP contribution in [0.25, 0.3) is 0 Å². The van der Waals surface area contributed by atoms with Crippen LogP contribution in [0.2, 0.25) is 0 Å². The van der Waals surface area contributed by atoms with Crippen molar-refractivity contribution in [1.82, 2.24) is 20.4 Å². The first-order valence-electron chi connectivity index (χ1n) is 15.9. The van der Waals surface area contributed by atoms with Crippen molar-refractivity contribution < 1.29 is 47.7 Å². The van der Waals surface area contributed by atoms with Crippen molar-refractivity contribution in [2.75, 3.05) is 6.54 Å². The Morgan fingerprint density at radius 3 is 1.94 bits per heavy atom. The number of hydrazine groups is 1. The fourth-order valence-corrected chi connectivity index (χ4v) is 6.13. The van der Waals surface area contributed by atoms with Gasteiger partial charge < -0.3 is 19.5 Å². The molecule has 2 amide bonds. The molecule has 0 bridgehead atoms. The number of aliphatic carboxylic acids is 1. The number of carbonyl (C=O) groups excluding carboxylic acids is 3. The second-order valence-corrected chi connectivity index (χ2v) is 13.1. The molecule has 51 heavy (non-hydrogen) atoms. The number of carbonyl (C=O) groups is 4. The molecule has 3 aromatic carbocycles. The van der Waals surface area contributed by atoms with E-state index < -0.39 is 55.9 Å². The third kappa shape index (κ3) is 11.9. The number of benzene rings is 3. The number of carboxylic acids is 1. The third-order valence-corrected chi connectivity index (χ3v) is 8.54. The van der Waals surface area contributed by atoms with E-state index in [2.05, 4.69) is 15.4 Å². The van der Waals surface area contributed by atoms with Gasteiger partial charge in [-0.1, -0.05) is 105 Å². The SMILES string of the molecule is CC(C)[C@H](NP(=O)(O)OC(NC(=O)OCc1ccccc1)C(=O)OCc1ccccc1)C(=O)N([C@@H](Cc1ccccc1)C(=O)O)N1C=CN=CC1. The van der Waals surface area contributed by atoms with E-state index in [1.807, 2.05) is 0 Å². The average Bonchev–Trinajstić information content (AvgIpc) is 3.13. The van der Waals surface area contributed by atoms with Crippen LogP contribution in [-0.2, 0) is 52.6 Å². The van der Waals surface area contributed by atoms with Crippen LogP contribution in [0, 0.1) is 5.92 Å². The van der Waals surface area contributed by atoms with Gasteiger partial charge in [-0.3, -0.25) is 24.6 Å². The maximum Gasteiger partial charge on any atom is 0.409 e.